The van der Waals surface area contributed by atoms with Gasteiger partial charge in [-0.3, -0.25) is 9.59 Å². The van der Waals surface area contributed by atoms with Crippen LogP contribution in [-0.2, 0) is 6.54 Å². The summed E-state index contributed by atoms with van der Waals surface area (Å²) in [6.45, 7) is 0.297. The number of thioether (sulfide) groups is 1. The van der Waals surface area contributed by atoms with E-state index in [1.807, 2.05) is 12.1 Å². The van der Waals surface area contributed by atoms with Gasteiger partial charge in [-0.2, -0.15) is 0 Å². The van der Waals surface area contributed by atoms with Crippen LogP contribution in [0.3, 0.4) is 0 Å². The van der Waals surface area contributed by atoms with E-state index in [9.17, 15) is 9.59 Å². The number of nitrogens with one attached hydrogen (secondary N) is 3. The largest absolute Gasteiger partial charge is 0.378 e. The molecule has 2 aromatic heterocycles. The average Bonchev–Trinajstić information content (AvgIpc) is 2.92. The minimum Gasteiger partial charge on any atom is -0.378 e. The van der Waals surface area contributed by atoms with Crippen LogP contribution in [0.1, 0.15) is 16.2 Å². The van der Waals surface area contributed by atoms with Crippen LogP contribution in [0.4, 0.5) is 5.69 Å². The molecule has 0 aliphatic carbocycles. The average molecular weight is 364 g/mol. The highest BCUT2D eigenvalue weighted by Gasteiger charge is 2.20. The number of aromatic nitrogens is 3. The fourth-order valence-electron chi connectivity index (χ4n) is 2.38. The molecule has 7 nitrogen and oxygen atoms in total. The van der Waals surface area contributed by atoms with Gasteiger partial charge in [-0.05, 0) is 24.5 Å². The second-order valence-electron chi connectivity index (χ2n) is 5.00. The van der Waals surface area contributed by atoms with Crippen LogP contribution >= 0.6 is 23.4 Å². The van der Waals surface area contributed by atoms with Crippen LogP contribution in [0.5, 0.6) is 0 Å². The summed E-state index contributed by atoms with van der Waals surface area (Å²) < 4.78 is 0. The Hall–Kier alpha value is -2.45. The van der Waals surface area contributed by atoms with Crippen molar-refractivity contribution >= 4 is 46.0 Å². The van der Waals surface area contributed by atoms with Crippen molar-refractivity contribution in [3.63, 3.8) is 0 Å². The first-order chi connectivity index (χ1) is 11.5. The summed E-state index contributed by atoms with van der Waals surface area (Å²) in [6.07, 6.45) is 1.78. The van der Waals surface area contributed by atoms with Crippen molar-refractivity contribution in [1.82, 2.24) is 15.0 Å². The topological polar surface area (TPSA) is 117 Å². The molecular weight excluding hydrogens is 350 g/mol. The number of hydrogen-bond donors (Lipinski definition) is 4. The number of H-pyrrole nitrogens is 2. The molecule has 3 rings (SSSR count). The first-order valence-electron chi connectivity index (χ1n) is 6.97. The summed E-state index contributed by atoms with van der Waals surface area (Å²) in [6, 6.07) is 7.21. The monoisotopic (exact) mass is 363 g/mol. The lowest BCUT2D eigenvalue weighted by Crippen LogP contribution is -2.18. The molecule has 0 bridgehead atoms. The molecule has 24 heavy (non-hydrogen) atoms. The van der Waals surface area contributed by atoms with Crippen LogP contribution in [0.25, 0.3) is 11.0 Å². The lowest BCUT2D eigenvalue weighted by atomic mass is 10.2. The van der Waals surface area contributed by atoms with Crippen LogP contribution < -0.4 is 16.6 Å². The van der Waals surface area contributed by atoms with E-state index in [-0.39, 0.29) is 10.9 Å². The smallest absolute Gasteiger partial charge is 0.261 e. The van der Waals surface area contributed by atoms with Crippen molar-refractivity contribution in [2.24, 2.45) is 5.73 Å². The van der Waals surface area contributed by atoms with E-state index >= 15 is 0 Å². The van der Waals surface area contributed by atoms with Crippen molar-refractivity contribution in [2.45, 2.75) is 11.6 Å². The van der Waals surface area contributed by atoms with Gasteiger partial charge in [-0.1, -0.05) is 17.7 Å². The van der Waals surface area contributed by atoms with E-state index in [0.717, 1.165) is 5.69 Å². The predicted octanol–water partition coefficient (Wildman–Crippen LogP) is 2.34. The number of anilines is 1. The maximum atomic E-state index is 12.3. The maximum Gasteiger partial charge on any atom is 0.261 e. The zero-order valence-electron chi connectivity index (χ0n) is 12.6. The molecule has 124 valence electrons. The van der Waals surface area contributed by atoms with Gasteiger partial charge in [-0.25, -0.2) is 4.98 Å². The van der Waals surface area contributed by atoms with Crippen molar-refractivity contribution in [2.75, 3.05) is 11.6 Å². The molecule has 5 N–H and O–H groups in total. The third-order valence-corrected chi connectivity index (χ3v) is 4.36. The summed E-state index contributed by atoms with van der Waals surface area (Å²) in [5.74, 6) is -0.236. The number of carbonyl (C=O) groups excluding carboxylic acids is 1. The van der Waals surface area contributed by atoms with Gasteiger partial charge >= 0.3 is 0 Å². The number of aromatic amines is 2. The molecule has 3 aromatic rings. The first kappa shape index (κ1) is 16.4. The molecule has 9 heteroatoms. The van der Waals surface area contributed by atoms with Crippen LogP contribution in [0, 0.1) is 0 Å². The summed E-state index contributed by atoms with van der Waals surface area (Å²) in [7, 11) is 0. The van der Waals surface area contributed by atoms with E-state index in [2.05, 4.69) is 20.3 Å². The number of nitrogens with two attached hydrogens (primary N) is 1. The number of fused-ring (bicyclic) bond motifs is 1. The molecule has 0 unspecified atom stereocenters. The van der Waals surface area contributed by atoms with Gasteiger partial charge in [0.1, 0.15) is 11.5 Å². The van der Waals surface area contributed by atoms with Crippen LogP contribution in [-0.4, -0.2) is 27.1 Å². The first-order valence-corrected chi connectivity index (χ1v) is 8.58. The molecule has 0 atom stereocenters. The van der Waals surface area contributed by atoms with Gasteiger partial charge < -0.3 is 21.0 Å². The van der Waals surface area contributed by atoms with Gasteiger partial charge in [0.25, 0.3) is 11.5 Å². The Kier molecular flexibility index (Phi) is 4.50. The number of amides is 1. The van der Waals surface area contributed by atoms with E-state index in [4.69, 9.17) is 17.3 Å². The van der Waals surface area contributed by atoms with Gasteiger partial charge in [0, 0.05) is 10.7 Å². The number of carbonyl (C=O) groups is 1. The molecule has 0 aliphatic rings. The Morgan fingerprint density at radius 1 is 1.42 bits per heavy atom. The Balaban J connectivity index is 1.96. The normalized spacial score (nSPS) is 10.9. The molecule has 1 amide bonds. The molecule has 1 aromatic carbocycles. The Morgan fingerprint density at radius 3 is 2.88 bits per heavy atom. The lowest BCUT2D eigenvalue weighted by Gasteiger charge is -2.06. The maximum absolute atomic E-state index is 12.3. The standard InChI is InChI=1S/C15H14ClN5O2S/c1-24-15-10(12(17)22)11-13(21-15)19-9(20-14(11)23)6-18-8-4-2-3-7(16)5-8/h2-5,18H,6H2,1H3,(H2,17,22)(H2,19,20,21,23). The molecular formula is C15H14ClN5O2S. The van der Waals surface area contributed by atoms with Crippen molar-refractivity contribution < 1.29 is 4.79 Å². The van der Waals surface area contributed by atoms with E-state index in [0.29, 0.717) is 28.1 Å². The predicted molar refractivity (Wildman–Crippen MR) is 95.8 cm³/mol. The zero-order chi connectivity index (χ0) is 17.3. The molecule has 0 saturated heterocycles. The fraction of sp³-hybridized carbons (Fsp3) is 0.133. The second-order valence-corrected chi connectivity index (χ2v) is 6.25. The van der Waals surface area contributed by atoms with E-state index in [1.54, 1.807) is 18.4 Å². The molecule has 0 aliphatic heterocycles. The lowest BCUT2D eigenvalue weighted by molar-refractivity contribution is 0.0999. The molecule has 0 saturated carbocycles. The molecule has 0 radical (unpaired) electrons. The van der Waals surface area contributed by atoms with Crippen molar-refractivity contribution in [3.8, 4) is 0 Å². The van der Waals surface area contributed by atoms with Crippen molar-refractivity contribution in [1.29, 1.82) is 0 Å². The molecule has 2 heterocycles. The third-order valence-electron chi connectivity index (χ3n) is 3.41. The van der Waals surface area contributed by atoms with Gasteiger partial charge in [0.15, 0.2) is 0 Å². The Bertz CT molecular complexity index is 982. The second kappa shape index (κ2) is 6.58. The third kappa shape index (κ3) is 3.10. The summed E-state index contributed by atoms with van der Waals surface area (Å²) >= 11 is 7.23. The number of halogens is 1. The fourth-order valence-corrected chi connectivity index (χ4v) is 3.18. The molecule has 0 fully saturated rings. The number of hydrogen-bond acceptors (Lipinski definition) is 5. The molecule has 0 spiro atoms. The highest BCUT2D eigenvalue weighted by atomic mass is 35.5. The Morgan fingerprint density at radius 2 is 2.21 bits per heavy atom. The highest BCUT2D eigenvalue weighted by Crippen LogP contribution is 2.25. The summed E-state index contributed by atoms with van der Waals surface area (Å²) in [4.78, 5) is 33.9. The summed E-state index contributed by atoms with van der Waals surface area (Å²) in [5.41, 5.74) is 6.28. The van der Waals surface area contributed by atoms with Crippen LogP contribution in [0.15, 0.2) is 34.1 Å². The quantitative estimate of drug-likeness (QED) is 0.519. The van der Waals surface area contributed by atoms with Gasteiger partial charge in [-0.15, -0.1) is 11.8 Å². The van der Waals surface area contributed by atoms with Crippen molar-refractivity contribution in [3.05, 3.63) is 51.0 Å². The Labute approximate surface area is 146 Å². The summed E-state index contributed by atoms with van der Waals surface area (Å²) in [5, 5.41) is 4.43. The minimum atomic E-state index is -0.664. The van der Waals surface area contributed by atoms with Gasteiger partial charge in [0.05, 0.1) is 22.5 Å². The van der Waals surface area contributed by atoms with E-state index < -0.39 is 11.5 Å². The van der Waals surface area contributed by atoms with E-state index in [1.165, 1.54) is 11.8 Å². The van der Waals surface area contributed by atoms with Gasteiger partial charge in [0.2, 0.25) is 0 Å². The number of rotatable bonds is 5. The zero-order valence-corrected chi connectivity index (χ0v) is 14.2. The minimum absolute atomic E-state index is 0.167. The number of primary amides is 1. The SMILES string of the molecule is CSc1[nH]c2nc(CNc3cccc(Cl)c3)[nH]c(=O)c2c1C(N)=O. The number of benzene rings is 1. The highest BCUT2D eigenvalue weighted by molar-refractivity contribution is 7.98. The number of nitrogens with zero attached hydrogens (tertiary/aromatic N) is 1. The van der Waals surface area contributed by atoms with Crippen LogP contribution in [0.2, 0.25) is 5.02 Å².